The maximum atomic E-state index is 12.3. The van der Waals surface area contributed by atoms with Gasteiger partial charge in [0.15, 0.2) is 0 Å². The minimum absolute atomic E-state index is 0.0229. The summed E-state index contributed by atoms with van der Waals surface area (Å²) in [5.74, 6) is -0.263. The lowest BCUT2D eigenvalue weighted by Gasteiger charge is -2.34. The number of aliphatic carboxylic acids is 1. The molecule has 6 nitrogen and oxygen atoms in total. The molecule has 0 bridgehead atoms. The predicted molar refractivity (Wildman–Crippen MR) is 92.0 cm³/mol. The Morgan fingerprint density at radius 3 is 2.39 bits per heavy atom. The number of piperazine rings is 1. The van der Waals surface area contributed by atoms with Crippen LogP contribution in [-0.2, 0) is 11.2 Å². The zero-order chi connectivity index (χ0) is 16.7. The Hall–Kier alpha value is -1.73. The van der Waals surface area contributed by atoms with Crippen LogP contribution in [0.5, 0.6) is 0 Å². The molecule has 2 N–H and O–H groups in total. The molecule has 0 radical (unpaired) electrons. The molecule has 2 rings (SSSR count). The van der Waals surface area contributed by atoms with Crippen LogP contribution in [0.1, 0.15) is 5.56 Å². The zero-order valence-electron chi connectivity index (χ0n) is 13.0. The van der Waals surface area contributed by atoms with E-state index in [2.05, 4.69) is 17.9 Å². The first-order valence-corrected chi connectivity index (χ1v) is 8.36. The third kappa shape index (κ3) is 5.76. The number of urea groups is 1. The number of carboxylic acid groups (broad SMARTS) is 1. The standard InChI is InChI=1S/C16H23N3O3S/c20-15(21)11-18-6-8-19(9-7-18)16(22)17-14(12-23)10-13-4-2-1-3-5-13/h1-5,14,23H,6-12H2,(H,17,22)(H,20,21). The summed E-state index contributed by atoms with van der Waals surface area (Å²) >= 11 is 4.33. The smallest absolute Gasteiger partial charge is 0.317 e. The van der Waals surface area contributed by atoms with Crippen LogP contribution >= 0.6 is 12.6 Å². The highest BCUT2D eigenvalue weighted by molar-refractivity contribution is 7.80. The molecule has 1 fully saturated rings. The van der Waals surface area contributed by atoms with E-state index in [1.165, 1.54) is 0 Å². The molecule has 1 aromatic carbocycles. The molecule has 1 atom stereocenters. The third-order valence-electron chi connectivity index (χ3n) is 3.89. The minimum Gasteiger partial charge on any atom is -0.480 e. The van der Waals surface area contributed by atoms with Gasteiger partial charge in [-0.1, -0.05) is 30.3 Å². The maximum Gasteiger partial charge on any atom is 0.317 e. The first kappa shape index (κ1) is 17.6. The van der Waals surface area contributed by atoms with Crippen molar-refractivity contribution in [1.29, 1.82) is 0 Å². The summed E-state index contributed by atoms with van der Waals surface area (Å²) in [6.45, 7) is 2.30. The first-order valence-electron chi connectivity index (χ1n) is 7.73. The van der Waals surface area contributed by atoms with Gasteiger partial charge in [0, 0.05) is 38.0 Å². The van der Waals surface area contributed by atoms with Crippen LogP contribution in [0.3, 0.4) is 0 Å². The molecular weight excluding hydrogens is 314 g/mol. The lowest BCUT2D eigenvalue weighted by atomic mass is 10.1. The molecule has 1 heterocycles. The van der Waals surface area contributed by atoms with Gasteiger partial charge in [-0.3, -0.25) is 9.69 Å². The number of benzene rings is 1. The summed E-state index contributed by atoms with van der Waals surface area (Å²) in [5.41, 5.74) is 1.16. The summed E-state index contributed by atoms with van der Waals surface area (Å²) in [6.07, 6.45) is 0.745. The second-order valence-corrected chi connectivity index (χ2v) is 6.04. The number of thiol groups is 1. The van der Waals surface area contributed by atoms with Gasteiger partial charge in [0.2, 0.25) is 0 Å². The Kier molecular flexibility index (Phi) is 6.73. The predicted octanol–water partition coefficient (Wildman–Crippen LogP) is 0.939. The molecule has 0 aromatic heterocycles. The molecule has 1 unspecified atom stereocenters. The average Bonchev–Trinajstić information content (AvgIpc) is 2.55. The Morgan fingerprint density at radius 1 is 1.17 bits per heavy atom. The number of nitrogens with zero attached hydrogens (tertiary/aromatic N) is 2. The molecule has 0 saturated carbocycles. The quantitative estimate of drug-likeness (QED) is 0.676. The van der Waals surface area contributed by atoms with Crippen molar-refractivity contribution in [3.05, 3.63) is 35.9 Å². The summed E-state index contributed by atoms with van der Waals surface area (Å²) in [6, 6.07) is 9.87. The van der Waals surface area contributed by atoms with E-state index in [1.807, 2.05) is 35.2 Å². The highest BCUT2D eigenvalue weighted by atomic mass is 32.1. The van der Waals surface area contributed by atoms with Crippen LogP contribution in [0.2, 0.25) is 0 Å². The van der Waals surface area contributed by atoms with Gasteiger partial charge in [0.1, 0.15) is 0 Å². The number of hydrogen-bond donors (Lipinski definition) is 3. The van der Waals surface area contributed by atoms with E-state index in [0.29, 0.717) is 31.9 Å². The normalized spacial score (nSPS) is 16.8. The van der Waals surface area contributed by atoms with Gasteiger partial charge in [-0.05, 0) is 12.0 Å². The first-order chi connectivity index (χ1) is 11.1. The van der Waals surface area contributed by atoms with Gasteiger partial charge in [-0.25, -0.2) is 4.79 Å². The molecule has 1 saturated heterocycles. The number of carbonyl (C=O) groups excluding carboxylic acids is 1. The van der Waals surface area contributed by atoms with Gasteiger partial charge in [0.25, 0.3) is 0 Å². The third-order valence-corrected chi connectivity index (χ3v) is 4.33. The van der Waals surface area contributed by atoms with E-state index < -0.39 is 5.97 Å². The second-order valence-electron chi connectivity index (χ2n) is 5.68. The van der Waals surface area contributed by atoms with Crippen molar-refractivity contribution in [2.45, 2.75) is 12.5 Å². The fraction of sp³-hybridized carbons (Fsp3) is 0.500. The Morgan fingerprint density at radius 2 is 1.83 bits per heavy atom. The summed E-state index contributed by atoms with van der Waals surface area (Å²) in [5, 5.41) is 11.8. The van der Waals surface area contributed by atoms with E-state index in [9.17, 15) is 9.59 Å². The van der Waals surface area contributed by atoms with E-state index >= 15 is 0 Å². The van der Waals surface area contributed by atoms with Crippen LogP contribution in [0, 0.1) is 0 Å². The van der Waals surface area contributed by atoms with Crippen molar-refractivity contribution < 1.29 is 14.7 Å². The number of carboxylic acids is 1. The number of nitrogens with one attached hydrogen (secondary N) is 1. The zero-order valence-corrected chi connectivity index (χ0v) is 13.9. The van der Waals surface area contributed by atoms with Crippen LogP contribution in [0.4, 0.5) is 4.79 Å². The van der Waals surface area contributed by atoms with Crippen LogP contribution in [-0.4, -0.2) is 71.4 Å². The highest BCUT2D eigenvalue weighted by Crippen LogP contribution is 2.07. The van der Waals surface area contributed by atoms with Crippen LogP contribution in [0.25, 0.3) is 0 Å². The van der Waals surface area contributed by atoms with Gasteiger partial charge in [-0.15, -0.1) is 0 Å². The largest absolute Gasteiger partial charge is 0.480 e. The Bertz CT molecular complexity index is 519. The SMILES string of the molecule is O=C(O)CN1CCN(C(=O)NC(CS)Cc2ccccc2)CC1. The monoisotopic (exact) mass is 337 g/mol. The van der Waals surface area contributed by atoms with Gasteiger partial charge in [-0.2, -0.15) is 12.6 Å². The van der Waals surface area contributed by atoms with Crippen molar-refractivity contribution in [1.82, 2.24) is 15.1 Å². The number of carbonyl (C=O) groups is 2. The van der Waals surface area contributed by atoms with E-state index in [4.69, 9.17) is 5.11 Å². The van der Waals surface area contributed by atoms with Crippen LogP contribution < -0.4 is 5.32 Å². The number of amides is 2. The molecule has 23 heavy (non-hydrogen) atoms. The van der Waals surface area contributed by atoms with E-state index in [1.54, 1.807) is 4.90 Å². The Labute approximate surface area is 141 Å². The van der Waals surface area contributed by atoms with Crippen molar-refractivity contribution in [2.24, 2.45) is 0 Å². The molecule has 1 aliphatic rings. The van der Waals surface area contributed by atoms with E-state index in [-0.39, 0.29) is 18.6 Å². The van der Waals surface area contributed by atoms with Gasteiger partial charge < -0.3 is 15.3 Å². The van der Waals surface area contributed by atoms with Gasteiger partial charge in [0.05, 0.1) is 6.54 Å². The summed E-state index contributed by atoms with van der Waals surface area (Å²) < 4.78 is 0. The van der Waals surface area contributed by atoms with Crippen molar-refractivity contribution >= 4 is 24.6 Å². The molecule has 1 aliphatic heterocycles. The van der Waals surface area contributed by atoms with E-state index in [0.717, 1.165) is 12.0 Å². The summed E-state index contributed by atoms with van der Waals surface area (Å²) in [7, 11) is 0. The van der Waals surface area contributed by atoms with Gasteiger partial charge >= 0.3 is 12.0 Å². The molecule has 2 amide bonds. The maximum absolute atomic E-state index is 12.3. The molecule has 7 heteroatoms. The summed E-state index contributed by atoms with van der Waals surface area (Å²) in [4.78, 5) is 26.6. The molecule has 0 aliphatic carbocycles. The number of hydrogen-bond acceptors (Lipinski definition) is 4. The molecular formula is C16H23N3O3S. The molecule has 0 spiro atoms. The van der Waals surface area contributed by atoms with Crippen LogP contribution in [0.15, 0.2) is 30.3 Å². The fourth-order valence-corrected chi connectivity index (χ4v) is 2.85. The Balaban J connectivity index is 1.80. The number of rotatable bonds is 6. The molecule has 1 aromatic rings. The second kappa shape index (κ2) is 8.79. The fourth-order valence-electron chi connectivity index (χ4n) is 2.63. The highest BCUT2D eigenvalue weighted by Gasteiger charge is 2.23. The van der Waals surface area contributed by atoms with Crippen molar-refractivity contribution in [3.63, 3.8) is 0 Å². The topological polar surface area (TPSA) is 72.9 Å². The van der Waals surface area contributed by atoms with Crippen molar-refractivity contribution in [3.8, 4) is 0 Å². The minimum atomic E-state index is -0.832. The lowest BCUT2D eigenvalue weighted by Crippen LogP contribution is -2.54. The van der Waals surface area contributed by atoms with Crippen molar-refractivity contribution in [2.75, 3.05) is 38.5 Å². The lowest BCUT2D eigenvalue weighted by molar-refractivity contribution is -0.138. The average molecular weight is 337 g/mol. The molecule has 126 valence electrons.